The normalized spacial score (nSPS) is 18.7. The predicted octanol–water partition coefficient (Wildman–Crippen LogP) is 5.35. The standard InChI is InChI=1S/C23H37NO4Si/c1-23(2,3)29(6,7)28-17-10-12-24(13-11-17)20-15-21(26-4)19(22(25)27-5)14-18(20)16-8-9-16/h14-17H,8-13H2,1-7H3. The van der Waals surface area contributed by atoms with E-state index in [1.165, 1.54) is 31.2 Å². The number of anilines is 1. The summed E-state index contributed by atoms with van der Waals surface area (Å²) < 4.78 is 17.1. The van der Waals surface area contributed by atoms with Gasteiger partial charge in [0.25, 0.3) is 0 Å². The molecule has 0 spiro atoms. The zero-order chi connectivity index (χ0) is 21.4. The monoisotopic (exact) mass is 419 g/mol. The summed E-state index contributed by atoms with van der Waals surface area (Å²) in [6.45, 7) is 13.5. The van der Waals surface area contributed by atoms with Gasteiger partial charge < -0.3 is 18.8 Å². The minimum atomic E-state index is -1.74. The van der Waals surface area contributed by atoms with Gasteiger partial charge in [-0.1, -0.05) is 20.8 Å². The molecule has 1 saturated heterocycles. The second-order valence-electron chi connectivity index (χ2n) is 9.94. The molecule has 0 amide bonds. The Hall–Kier alpha value is -1.53. The summed E-state index contributed by atoms with van der Waals surface area (Å²) in [5.74, 6) is 0.799. The van der Waals surface area contributed by atoms with Crippen molar-refractivity contribution in [3.05, 3.63) is 23.3 Å². The molecule has 6 heteroatoms. The van der Waals surface area contributed by atoms with Crippen molar-refractivity contribution in [1.82, 2.24) is 0 Å². The first kappa shape index (κ1) is 22.2. The lowest BCUT2D eigenvalue weighted by Gasteiger charge is -2.42. The molecule has 0 atom stereocenters. The van der Waals surface area contributed by atoms with Gasteiger partial charge in [-0.25, -0.2) is 4.79 Å². The lowest BCUT2D eigenvalue weighted by Crippen LogP contribution is -2.47. The van der Waals surface area contributed by atoms with Crippen molar-refractivity contribution < 1.29 is 18.7 Å². The summed E-state index contributed by atoms with van der Waals surface area (Å²) in [7, 11) is 1.29. The minimum absolute atomic E-state index is 0.236. The van der Waals surface area contributed by atoms with Crippen molar-refractivity contribution in [1.29, 1.82) is 0 Å². The van der Waals surface area contributed by atoms with Crippen LogP contribution in [0.1, 0.15) is 68.3 Å². The molecule has 0 bridgehead atoms. The van der Waals surface area contributed by atoms with Crippen molar-refractivity contribution >= 4 is 20.0 Å². The van der Waals surface area contributed by atoms with E-state index >= 15 is 0 Å². The first-order valence-electron chi connectivity index (χ1n) is 10.8. The molecule has 0 unspecified atom stereocenters. The number of carbonyl (C=O) groups excluding carboxylic acids is 1. The van der Waals surface area contributed by atoms with E-state index in [4.69, 9.17) is 13.9 Å². The van der Waals surface area contributed by atoms with Gasteiger partial charge in [0.15, 0.2) is 8.32 Å². The van der Waals surface area contributed by atoms with Gasteiger partial charge in [0.1, 0.15) is 11.3 Å². The van der Waals surface area contributed by atoms with Crippen molar-refractivity contribution in [2.24, 2.45) is 0 Å². The van der Waals surface area contributed by atoms with Crippen molar-refractivity contribution in [2.75, 3.05) is 32.2 Å². The Morgan fingerprint density at radius 1 is 1.07 bits per heavy atom. The second-order valence-corrected chi connectivity index (χ2v) is 14.7. The zero-order valence-electron chi connectivity index (χ0n) is 19.1. The van der Waals surface area contributed by atoms with Gasteiger partial charge in [0.2, 0.25) is 0 Å². The molecule has 1 heterocycles. The number of methoxy groups -OCH3 is 2. The highest BCUT2D eigenvalue weighted by Crippen LogP contribution is 2.47. The van der Waals surface area contributed by atoms with Gasteiger partial charge in [0, 0.05) is 30.9 Å². The SMILES string of the molecule is COC(=O)c1cc(C2CC2)c(N2CCC(O[Si](C)(C)C(C)(C)C)CC2)cc1OC. The molecule has 29 heavy (non-hydrogen) atoms. The topological polar surface area (TPSA) is 48.0 Å². The average molecular weight is 420 g/mol. The van der Waals surface area contributed by atoms with Crippen LogP contribution in [0.2, 0.25) is 18.1 Å². The van der Waals surface area contributed by atoms with E-state index in [0.717, 1.165) is 25.9 Å². The molecular formula is C23H37NO4Si. The van der Waals surface area contributed by atoms with Crippen molar-refractivity contribution in [3.8, 4) is 5.75 Å². The molecule has 162 valence electrons. The van der Waals surface area contributed by atoms with Crippen LogP contribution in [0, 0.1) is 0 Å². The van der Waals surface area contributed by atoms with Crippen LogP contribution in [0.3, 0.4) is 0 Å². The Balaban J connectivity index is 1.77. The highest BCUT2D eigenvalue weighted by Gasteiger charge is 2.40. The van der Waals surface area contributed by atoms with Gasteiger partial charge in [-0.15, -0.1) is 0 Å². The minimum Gasteiger partial charge on any atom is -0.496 e. The molecule has 2 fully saturated rings. The quantitative estimate of drug-likeness (QED) is 0.459. The summed E-state index contributed by atoms with van der Waals surface area (Å²) in [5, 5.41) is 0.236. The Kier molecular flexibility index (Phi) is 6.34. The molecule has 1 aromatic rings. The van der Waals surface area contributed by atoms with Gasteiger partial charge in [-0.3, -0.25) is 0 Å². The van der Waals surface area contributed by atoms with Crippen LogP contribution in [0.25, 0.3) is 0 Å². The number of rotatable bonds is 6. The predicted molar refractivity (Wildman–Crippen MR) is 120 cm³/mol. The molecule has 1 aromatic carbocycles. The molecule has 5 nitrogen and oxygen atoms in total. The third-order valence-electron chi connectivity index (χ3n) is 6.82. The van der Waals surface area contributed by atoms with Crippen LogP contribution in [0.4, 0.5) is 5.69 Å². The molecule has 1 saturated carbocycles. The summed E-state index contributed by atoms with van der Waals surface area (Å²) in [6.07, 6.45) is 4.79. The molecular weight excluding hydrogens is 382 g/mol. The number of esters is 1. The van der Waals surface area contributed by atoms with E-state index in [1.807, 2.05) is 12.1 Å². The molecule has 0 radical (unpaired) electrons. The summed E-state index contributed by atoms with van der Waals surface area (Å²) in [6, 6.07) is 4.03. The summed E-state index contributed by atoms with van der Waals surface area (Å²) >= 11 is 0. The third kappa shape index (κ3) is 4.80. The van der Waals surface area contributed by atoms with E-state index in [-0.39, 0.29) is 11.0 Å². The molecule has 2 aliphatic rings. The van der Waals surface area contributed by atoms with Gasteiger partial charge in [-0.2, -0.15) is 0 Å². The number of piperidine rings is 1. The first-order chi connectivity index (χ1) is 13.6. The maximum Gasteiger partial charge on any atom is 0.341 e. The van der Waals surface area contributed by atoms with Gasteiger partial charge in [-0.05, 0) is 61.4 Å². The third-order valence-corrected chi connectivity index (χ3v) is 11.4. The largest absolute Gasteiger partial charge is 0.496 e. The summed E-state index contributed by atoms with van der Waals surface area (Å²) in [5.41, 5.74) is 2.99. The number of hydrogen-bond donors (Lipinski definition) is 0. The highest BCUT2D eigenvalue weighted by molar-refractivity contribution is 6.74. The maximum absolute atomic E-state index is 12.2. The fraction of sp³-hybridized carbons (Fsp3) is 0.696. The van der Waals surface area contributed by atoms with Crippen LogP contribution in [0.5, 0.6) is 5.75 Å². The van der Waals surface area contributed by atoms with Crippen LogP contribution in [-0.2, 0) is 9.16 Å². The van der Waals surface area contributed by atoms with Crippen LogP contribution >= 0.6 is 0 Å². The molecule has 1 aliphatic carbocycles. The van der Waals surface area contributed by atoms with E-state index in [2.05, 4.69) is 38.8 Å². The zero-order valence-corrected chi connectivity index (χ0v) is 20.1. The molecule has 0 aromatic heterocycles. The number of hydrogen-bond acceptors (Lipinski definition) is 5. The Labute approximate surface area is 176 Å². The van der Waals surface area contributed by atoms with E-state index in [0.29, 0.717) is 23.3 Å². The van der Waals surface area contributed by atoms with E-state index in [9.17, 15) is 4.79 Å². The van der Waals surface area contributed by atoms with Crippen LogP contribution < -0.4 is 9.64 Å². The second kappa shape index (κ2) is 8.30. The van der Waals surface area contributed by atoms with Crippen molar-refractivity contribution in [2.45, 2.75) is 76.6 Å². The lowest BCUT2D eigenvalue weighted by atomic mass is 10.00. The summed E-state index contributed by atoms with van der Waals surface area (Å²) in [4.78, 5) is 14.7. The Bertz CT molecular complexity index is 744. The lowest BCUT2D eigenvalue weighted by molar-refractivity contribution is 0.0597. The smallest absolute Gasteiger partial charge is 0.341 e. The molecule has 1 aliphatic heterocycles. The number of nitrogens with zero attached hydrogens (tertiary/aromatic N) is 1. The van der Waals surface area contributed by atoms with Gasteiger partial charge in [0.05, 0.1) is 14.2 Å². The van der Waals surface area contributed by atoms with Crippen LogP contribution in [0.15, 0.2) is 12.1 Å². The fourth-order valence-electron chi connectivity index (χ4n) is 3.83. The molecule has 0 N–H and O–H groups in total. The number of benzene rings is 1. The van der Waals surface area contributed by atoms with Gasteiger partial charge >= 0.3 is 5.97 Å². The number of ether oxygens (including phenoxy) is 2. The van der Waals surface area contributed by atoms with E-state index < -0.39 is 8.32 Å². The Morgan fingerprint density at radius 2 is 1.69 bits per heavy atom. The average Bonchev–Trinajstić information content (AvgIpc) is 3.51. The first-order valence-corrected chi connectivity index (χ1v) is 13.7. The van der Waals surface area contributed by atoms with Crippen LogP contribution in [-0.4, -0.2) is 47.7 Å². The fourth-order valence-corrected chi connectivity index (χ4v) is 5.25. The van der Waals surface area contributed by atoms with E-state index in [1.54, 1.807) is 7.11 Å². The van der Waals surface area contributed by atoms with Crippen molar-refractivity contribution in [3.63, 3.8) is 0 Å². The maximum atomic E-state index is 12.2. The molecule has 3 rings (SSSR count). The number of carbonyl (C=O) groups is 1. The highest BCUT2D eigenvalue weighted by atomic mass is 28.4. The Morgan fingerprint density at radius 3 is 2.17 bits per heavy atom.